The van der Waals surface area contributed by atoms with E-state index in [2.05, 4.69) is 20.3 Å². The standard InChI is InChI=1S/C10H12N5/c1-15(2)9(8-6-11-7-14-8)10-12-4-3-5-13-10/h3-7,9H,1-2H3. The number of likely N-dealkylation sites (N-methyl/N-ethyl adjacent to an activating group) is 1. The van der Waals surface area contributed by atoms with Gasteiger partial charge in [0.2, 0.25) is 0 Å². The van der Waals surface area contributed by atoms with E-state index >= 15 is 0 Å². The molecule has 2 heterocycles. The van der Waals surface area contributed by atoms with Gasteiger partial charge in [-0.3, -0.25) is 4.90 Å². The van der Waals surface area contributed by atoms with Crippen molar-refractivity contribution in [2.75, 3.05) is 14.1 Å². The zero-order chi connectivity index (χ0) is 10.7. The third kappa shape index (κ3) is 2.02. The van der Waals surface area contributed by atoms with E-state index in [0.29, 0.717) is 0 Å². The summed E-state index contributed by atoms with van der Waals surface area (Å²) in [5, 5.41) is 4.18. The molecular formula is C10H12N5. The van der Waals surface area contributed by atoms with Gasteiger partial charge in [0, 0.05) is 12.4 Å². The van der Waals surface area contributed by atoms with Crippen LogP contribution < -0.4 is 5.32 Å². The van der Waals surface area contributed by atoms with Crippen molar-refractivity contribution in [3.63, 3.8) is 0 Å². The molecule has 0 spiro atoms. The fourth-order valence-corrected chi connectivity index (χ4v) is 1.46. The van der Waals surface area contributed by atoms with Crippen molar-refractivity contribution in [3.05, 3.63) is 36.2 Å². The Kier molecular flexibility index (Phi) is 2.73. The molecule has 0 saturated heterocycles. The lowest BCUT2D eigenvalue weighted by molar-refractivity contribution is 0.318. The van der Waals surface area contributed by atoms with Crippen LogP contribution in [0.25, 0.3) is 0 Å². The zero-order valence-electron chi connectivity index (χ0n) is 8.70. The van der Waals surface area contributed by atoms with Crippen molar-refractivity contribution in [2.45, 2.75) is 6.04 Å². The second kappa shape index (κ2) is 4.18. The molecule has 0 saturated carbocycles. The van der Waals surface area contributed by atoms with Gasteiger partial charge in [-0.15, -0.1) is 0 Å². The van der Waals surface area contributed by atoms with Gasteiger partial charge in [-0.2, -0.15) is 0 Å². The summed E-state index contributed by atoms with van der Waals surface area (Å²) in [6, 6.07) is 1.76. The van der Waals surface area contributed by atoms with Gasteiger partial charge in [-0.25, -0.2) is 20.3 Å². The summed E-state index contributed by atoms with van der Waals surface area (Å²) >= 11 is 0. The summed E-state index contributed by atoms with van der Waals surface area (Å²) in [7, 11) is 3.94. The number of hydrogen-bond donors (Lipinski definition) is 0. The van der Waals surface area contributed by atoms with Crippen LogP contribution in [0.1, 0.15) is 11.9 Å². The van der Waals surface area contributed by atoms with E-state index in [0.717, 1.165) is 11.5 Å². The second-order valence-electron chi connectivity index (χ2n) is 3.42. The number of aliphatic imine (C=N–C) groups is 1. The molecule has 1 radical (unpaired) electrons. The van der Waals surface area contributed by atoms with E-state index in [1.807, 2.05) is 19.0 Å². The van der Waals surface area contributed by atoms with Crippen molar-refractivity contribution < 1.29 is 0 Å². The van der Waals surface area contributed by atoms with Crippen LogP contribution in [0.2, 0.25) is 0 Å². The van der Waals surface area contributed by atoms with Gasteiger partial charge >= 0.3 is 0 Å². The van der Waals surface area contributed by atoms with Gasteiger partial charge in [-0.1, -0.05) is 0 Å². The summed E-state index contributed by atoms with van der Waals surface area (Å²) in [5.74, 6) is 0.739. The Morgan fingerprint density at radius 2 is 1.93 bits per heavy atom. The molecule has 77 valence electrons. The highest BCUT2D eigenvalue weighted by Gasteiger charge is 2.23. The molecule has 5 heteroatoms. The van der Waals surface area contributed by atoms with Crippen LogP contribution in [-0.4, -0.2) is 35.3 Å². The van der Waals surface area contributed by atoms with Gasteiger partial charge < -0.3 is 0 Å². The Hall–Kier alpha value is -1.75. The summed E-state index contributed by atoms with van der Waals surface area (Å²) in [6.45, 7) is 0. The van der Waals surface area contributed by atoms with Crippen molar-refractivity contribution in [3.8, 4) is 0 Å². The molecule has 1 unspecified atom stereocenters. The maximum Gasteiger partial charge on any atom is 0.151 e. The van der Waals surface area contributed by atoms with Crippen LogP contribution in [0.3, 0.4) is 0 Å². The van der Waals surface area contributed by atoms with E-state index < -0.39 is 0 Å². The van der Waals surface area contributed by atoms with Gasteiger partial charge in [0.05, 0.1) is 11.9 Å². The largest absolute Gasteiger partial charge is 0.295 e. The van der Waals surface area contributed by atoms with Crippen LogP contribution in [0.5, 0.6) is 0 Å². The molecule has 1 atom stereocenters. The van der Waals surface area contributed by atoms with E-state index in [4.69, 9.17) is 0 Å². The first kappa shape index (κ1) is 9.79. The molecule has 0 fully saturated rings. The first-order valence-corrected chi connectivity index (χ1v) is 4.65. The lowest BCUT2D eigenvalue weighted by Gasteiger charge is -2.22. The SMILES string of the molecule is CN(C)C(C1=CN=C[N]1)c1ncccn1. The van der Waals surface area contributed by atoms with E-state index in [-0.39, 0.29) is 6.04 Å². The van der Waals surface area contributed by atoms with E-state index in [9.17, 15) is 0 Å². The molecule has 0 aromatic carbocycles. The molecule has 2 rings (SSSR count). The quantitative estimate of drug-likeness (QED) is 0.720. The van der Waals surface area contributed by atoms with E-state index in [1.54, 1.807) is 24.7 Å². The molecule has 0 amide bonds. The molecular weight excluding hydrogens is 190 g/mol. The molecule has 1 aromatic rings. The van der Waals surface area contributed by atoms with Crippen LogP contribution in [-0.2, 0) is 0 Å². The Morgan fingerprint density at radius 3 is 2.47 bits per heavy atom. The Bertz CT molecular complexity index is 382. The van der Waals surface area contributed by atoms with Crippen molar-refractivity contribution in [1.29, 1.82) is 0 Å². The molecule has 1 aliphatic heterocycles. The minimum atomic E-state index is -0.0336. The summed E-state index contributed by atoms with van der Waals surface area (Å²) < 4.78 is 0. The van der Waals surface area contributed by atoms with Crippen LogP contribution in [0, 0.1) is 0 Å². The predicted molar refractivity (Wildman–Crippen MR) is 57.2 cm³/mol. The van der Waals surface area contributed by atoms with Crippen LogP contribution >= 0.6 is 0 Å². The van der Waals surface area contributed by atoms with E-state index in [1.165, 1.54) is 6.34 Å². The number of aromatic nitrogens is 2. The number of nitrogens with zero attached hydrogens (tertiary/aromatic N) is 5. The van der Waals surface area contributed by atoms with Gasteiger partial charge in [0.25, 0.3) is 0 Å². The third-order valence-electron chi connectivity index (χ3n) is 2.11. The maximum atomic E-state index is 4.24. The van der Waals surface area contributed by atoms with Crippen LogP contribution in [0.15, 0.2) is 35.3 Å². The molecule has 1 aromatic heterocycles. The highest BCUT2D eigenvalue weighted by Crippen LogP contribution is 2.23. The molecule has 5 nitrogen and oxygen atoms in total. The Labute approximate surface area is 88.6 Å². The predicted octanol–water partition coefficient (Wildman–Crippen LogP) is 0.567. The van der Waals surface area contributed by atoms with Crippen molar-refractivity contribution >= 4 is 6.34 Å². The highest BCUT2D eigenvalue weighted by molar-refractivity contribution is 5.62. The molecule has 0 bridgehead atoms. The summed E-state index contributed by atoms with van der Waals surface area (Å²) in [4.78, 5) is 14.4. The van der Waals surface area contributed by atoms with Gasteiger partial charge in [0.1, 0.15) is 12.4 Å². The van der Waals surface area contributed by atoms with Crippen LogP contribution in [0.4, 0.5) is 0 Å². The minimum absolute atomic E-state index is 0.0336. The summed E-state index contributed by atoms with van der Waals surface area (Å²) in [5.41, 5.74) is 0.867. The number of rotatable bonds is 3. The van der Waals surface area contributed by atoms with Crippen molar-refractivity contribution in [2.24, 2.45) is 4.99 Å². The fourth-order valence-electron chi connectivity index (χ4n) is 1.46. The summed E-state index contributed by atoms with van der Waals surface area (Å²) in [6.07, 6.45) is 6.74. The topological polar surface area (TPSA) is 55.5 Å². The maximum absolute atomic E-state index is 4.24. The normalized spacial score (nSPS) is 16.3. The molecule has 15 heavy (non-hydrogen) atoms. The van der Waals surface area contributed by atoms with Gasteiger partial charge in [-0.05, 0) is 20.2 Å². The average molecular weight is 202 g/mol. The number of hydrogen-bond acceptors (Lipinski definition) is 4. The monoisotopic (exact) mass is 202 g/mol. The Morgan fingerprint density at radius 1 is 1.20 bits per heavy atom. The first-order valence-electron chi connectivity index (χ1n) is 4.65. The zero-order valence-corrected chi connectivity index (χ0v) is 8.70. The average Bonchev–Trinajstić information content (AvgIpc) is 2.72. The smallest absolute Gasteiger partial charge is 0.151 e. The lowest BCUT2D eigenvalue weighted by Crippen LogP contribution is -2.26. The Balaban J connectivity index is 2.28. The van der Waals surface area contributed by atoms with Gasteiger partial charge in [0.15, 0.2) is 5.82 Å². The molecule has 0 N–H and O–H groups in total. The first-order chi connectivity index (χ1) is 7.29. The second-order valence-corrected chi connectivity index (χ2v) is 3.42. The fraction of sp³-hybridized carbons (Fsp3) is 0.300. The third-order valence-corrected chi connectivity index (χ3v) is 2.11. The molecule has 1 aliphatic rings. The lowest BCUT2D eigenvalue weighted by atomic mass is 10.2. The molecule has 0 aliphatic carbocycles. The minimum Gasteiger partial charge on any atom is -0.295 e. The highest BCUT2D eigenvalue weighted by atomic mass is 15.2. The van der Waals surface area contributed by atoms with Crippen molar-refractivity contribution in [1.82, 2.24) is 20.2 Å².